The van der Waals surface area contributed by atoms with Crippen LogP contribution < -0.4 is 5.32 Å². The van der Waals surface area contributed by atoms with Gasteiger partial charge in [0.05, 0.1) is 12.3 Å². The van der Waals surface area contributed by atoms with Crippen molar-refractivity contribution in [2.75, 3.05) is 5.75 Å². The minimum Gasteiger partial charge on any atom is -0.468 e. The summed E-state index contributed by atoms with van der Waals surface area (Å²) in [6.45, 7) is 3.96. The molecule has 1 N–H and O–H groups in total. The standard InChI is InChI=1S/C13H18N2OS/c1-10-12(5-7-16-10)17-8-6-13(2,9-14)15-11-3-4-11/h5,7,11,15H,3-4,6,8H2,1-2H3. The molecule has 1 unspecified atom stereocenters. The summed E-state index contributed by atoms with van der Waals surface area (Å²) in [5.74, 6) is 1.90. The van der Waals surface area contributed by atoms with Gasteiger partial charge in [-0.2, -0.15) is 5.26 Å². The fourth-order valence-electron chi connectivity index (χ4n) is 1.73. The van der Waals surface area contributed by atoms with E-state index in [1.54, 1.807) is 18.0 Å². The Labute approximate surface area is 107 Å². The summed E-state index contributed by atoms with van der Waals surface area (Å²) >= 11 is 1.76. The Balaban J connectivity index is 1.80. The second kappa shape index (κ2) is 5.16. The van der Waals surface area contributed by atoms with Gasteiger partial charge in [0.25, 0.3) is 0 Å². The number of nitriles is 1. The molecule has 0 saturated heterocycles. The van der Waals surface area contributed by atoms with Crippen molar-refractivity contribution in [3.8, 4) is 6.07 Å². The van der Waals surface area contributed by atoms with Gasteiger partial charge >= 0.3 is 0 Å². The number of hydrogen-bond donors (Lipinski definition) is 1. The molecule has 3 nitrogen and oxygen atoms in total. The van der Waals surface area contributed by atoms with Crippen molar-refractivity contribution in [2.24, 2.45) is 0 Å². The average molecular weight is 250 g/mol. The summed E-state index contributed by atoms with van der Waals surface area (Å²) in [6, 6.07) is 4.95. The van der Waals surface area contributed by atoms with E-state index in [9.17, 15) is 5.26 Å². The maximum Gasteiger partial charge on any atom is 0.114 e. The van der Waals surface area contributed by atoms with Crippen molar-refractivity contribution < 1.29 is 4.42 Å². The first kappa shape index (κ1) is 12.5. The van der Waals surface area contributed by atoms with Crippen LogP contribution in [0.3, 0.4) is 0 Å². The van der Waals surface area contributed by atoms with E-state index in [2.05, 4.69) is 11.4 Å². The van der Waals surface area contributed by atoms with E-state index in [4.69, 9.17) is 4.42 Å². The van der Waals surface area contributed by atoms with Crippen molar-refractivity contribution in [2.45, 2.75) is 49.6 Å². The van der Waals surface area contributed by atoms with E-state index in [0.717, 1.165) is 17.9 Å². The fraction of sp³-hybridized carbons (Fsp3) is 0.615. The predicted octanol–water partition coefficient (Wildman–Crippen LogP) is 3.10. The van der Waals surface area contributed by atoms with Crippen LogP contribution in [-0.4, -0.2) is 17.3 Å². The van der Waals surface area contributed by atoms with Crippen LogP contribution in [0.4, 0.5) is 0 Å². The predicted molar refractivity (Wildman–Crippen MR) is 69.0 cm³/mol. The summed E-state index contributed by atoms with van der Waals surface area (Å²) in [6.07, 6.45) is 5.00. The number of nitrogens with zero attached hydrogens (tertiary/aromatic N) is 1. The van der Waals surface area contributed by atoms with Gasteiger partial charge < -0.3 is 4.42 Å². The molecular weight excluding hydrogens is 232 g/mol. The van der Waals surface area contributed by atoms with Crippen LogP contribution >= 0.6 is 11.8 Å². The molecule has 0 radical (unpaired) electrons. The summed E-state index contributed by atoms with van der Waals surface area (Å²) in [4.78, 5) is 1.18. The first-order valence-corrected chi connectivity index (χ1v) is 6.97. The lowest BCUT2D eigenvalue weighted by molar-refractivity contribution is 0.433. The number of aryl methyl sites for hydroxylation is 1. The smallest absolute Gasteiger partial charge is 0.114 e. The highest BCUT2D eigenvalue weighted by molar-refractivity contribution is 7.99. The van der Waals surface area contributed by atoms with Gasteiger partial charge in [0.15, 0.2) is 0 Å². The molecule has 0 bridgehead atoms. The lowest BCUT2D eigenvalue weighted by atomic mass is 10.0. The number of rotatable bonds is 6. The molecule has 1 atom stereocenters. The van der Waals surface area contributed by atoms with Crippen LogP contribution in [0.2, 0.25) is 0 Å². The van der Waals surface area contributed by atoms with E-state index in [-0.39, 0.29) is 5.54 Å². The molecule has 0 amide bonds. The third kappa shape index (κ3) is 3.52. The summed E-state index contributed by atoms with van der Waals surface area (Å²) in [5.41, 5.74) is -0.383. The molecule has 0 aromatic carbocycles. The summed E-state index contributed by atoms with van der Waals surface area (Å²) in [7, 11) is 0. The Morgan fingerprint density at radius 3 is 2.94 bits per heavy atom. The molecule has 1 aliphatic rings. The maximum absolute atomic E-state index is 9.23. The second-order valence-electron chi connectivity index (χ2n) is 4.80. The number of nitrogens with one attached hydrogen (secondary N) is 1. The lowest BCUT2D eigenvalue weighted by Gasteiger charge is -2.22. The van der Waals surface area contributed by atoms with E-state index < -0.39 is 0 Å². The van der Waals surface area contributed by atoms with Crippen LogP contribution in [0, 0.1) is 18.3 Å². The molecule has 92 valence electrons. The highest BCUT2D eigenvalue weighted by Gasteiger charge is 2.32. The minimum absolute atomic E-state index is 0.383. The van der Waals surface area contributed by atoms with Crippen molar-refractivity contribution in [1.29, 1.82) is 5.26 Å². The Morgan fingerprint density at radius 2 is 2.41 bits per heavy atom. The van der Waals surface area contributed by atoms with Crippen molar-refractivity contribution in [3.63, 3.8) is 0 Å². The van der Waals surface area contributed by atoms with Crippen LogP contribution in [-0.2, 0) is 0 Å². The van der Waals surface area contributed by atoms with Crippen LogP contribution in [0.5, 0.6) is 0 Å². The van der Waals surface area contributed by atoms with Gasteiger partial charge in [-0.05, 0) is 39.2 Å². The van der Waals surface area contributed by atoms with Gasteiger partial charge in [0.2, 0.25) is 0 Å². The first-order valence-electron chi connectivity index (χ1n) is 5.99. The zero-order chi connectivity index (χ0) is 12.3. The Kier molecular flexibility index (Phi) is 3.80. The molecule has 1 heterocycles. The largest absolute Gasteiger partial charge is 0.468 e. The van der Waals surface area contributed by atoms with Crippen LogP contribution in [0.1, 0.15) is 31.9 Å². The SMILES string of the molecule is Cc1occc1SCCC(C)(C#N)NC1CC1. The molecule has 1 saturated carbocycles. The van der Waals surface area contributed by atoms with Crippen molar-refractivity contribution in [3.05, 3.63) is 18.1 Å². The van der Waals surface area contributed by atoms with Crippen molar-refractivity contribution >= 4 is 11.8 Å². The topological polar surface area (TPSA) is 49.0 Å². The monoisotopic (exact) mass is 250 g/mol. The van der Waals surface area contributed by atoms with E-state index in [1.165, 1.54) is 17.7 Å². The molecule has 17 heavy (non-hydrogen) atoms. The normalized spacial score (nSPS) is 18.6. The molecule has 1 aromatic rings. The molecule has 0 aliphatic heterocycles. The maximum atomic E-state index is 9.23. The number of hydrogen-bond acceptors (Lipinski definition) is 4. The summed E-state index contributed by atoms with van der Waals surface area (Å²) < 4.78 is 5.25. The zero-order valence-electron chi connectivity index (χ0n) is 10.3. The van der Waals surface area contributed by atoms with Crippen LogP contribution in [0.25, 0.3) is 0 Å². The van der Waals surface area contributed by atoms with Gasteiger partial charge in [0.1, 0.15) is 11.3 Å². The molecule has 1 aliphatic carbocycles. The second-order valence-corrected chi connectivity index (χ2v) is 5.94. The Bertz CT molecular complexity index is 419. The van der Waals surface area contributed by atoms with E-state index in [1.807, 2.05) is 19.9 Å². The Hall–Kier alpha value is -0.920. The third-order valence-corrected chi connectivity index (χ3v) is 4.16. The van der Waals surface area contributed by atoms with Crippen molar-refractivity contribution in [1.82, 2.24) is 5.32 Å². The van der Waals surface area contributed by atoms with E-state index in [0.29, 0.717) is 6.04 Å². The summed E-state index contributed by atoms with van der Waals surface area (Å²) in [5, 5.41) is 12.6. The zero-order valence-corrected chi connectivity index (χ0v) is 11.1. The first-order chi connectivity index (χ1) is 8.13. The molecule has 1 fully saturated rings. The van der Waals surface area contributed by atoms with Gasteiger partial charge in [0, 0.05) is 16.7 Å². The fourth-order valence-corrected chi connectivity index (χ4v) is 2.86. The number of furan rings is 1. The van der Waals surface area contributed by atoms with Gasteiger partial charge in [-0.1, -0.05) is 0 Å². The minimum atomic E-state index is -0.383. The Morgan fingerprint density at radius 1 is 1.65 bits per heavy atom. The molecular formula is C13H18N2OS. The number of thioether (sulfide) groups is 1. The van der Waals surface area contributed by atoms with Gasteiger partial charge in [-0.3, -0.25) is 5.32 Å². The third-order valence-electron chi connectivity index (χ3n) is 3.02. The molecule has 1 aromatic heterocycles. The molecule has 2 rings (SSSR count). The van der Waals surface area contributed by atoms with E-state index >= 15 is 0 Å². The average Bonchev–Trinajstić information content (AvgIpc) is 3.02. The van der Waals surface area contributed by atoms with Crippen LogP contribution in [0.15, 0.2) is 21.6 Å². The lowest BCUT2D eigenvalue weighted by Crippen LogP contribution is -2.42. The highest BCUT2D eigenvalue weighted by Crippen LogP contribution is 2.28. The molecule has 0 spiro atoms. The molecule has 4 heteroatoms. The van der Waals surface area contributed by atoms with Gasteiger partial charge in [-0.25, -0.2) is 0 Å². The highest BCUT2D eigenvalue weighted by atomic mass is 32.2. The quantitative estimate of drug-likeness (QED) is 0.788. The van der Waals surface area contributed by atoms with Gasteiger partial charge in [-0.15, -0.1) is 11.8 Å².